The lowest BCUT2D eigenvalue weighted by Crippen LogP contribution is -2.30. The van der Waals surface area contributed by atoms with Gasteiger partial charge in [-0.25, -0.2) is 9.67 Å². The zero-order valence-electron chi connectivity index (χ0n) is 17.0. The van der Waals surface area contributed by atoms with Gasteiger partial charge in [0.25, 0.3) is 0 Å². The fourth-order valence-corrected chi connectivity index (χ4v) is 3.79. The van der Waals surface area contributed by atoms with Gasteiger partial charge in [0.15, 0.2) is 5.65 Å². The van der Waals surface area contributed by atoms with Gasteiger partial charge in [0, 0.05) is 30.4 Å². The first-order valence-electron chi connectivity index (χ1n) is 9.61. The molecule has 0 radical (unpaired) electrons. The number of fused-ring (bicyclic) bond motifs is 1. The van der Waals surface area contributed by atoms with Crippen LogP contribution in [0.1, 0.15) is 29.9 Å². The number of rotatable bonds is 5. The highest BCUT2D eigenvalue weighted by atomic mass is 16.2. The van der Waals surface area contributed by atoms with E-state index in [1.165, 1.54) is 0 Å². The van der Waals surface area contributed by atoms with Crippen LogP contribution in [0.25, 0.3) is 22.2 Å². The Morgan fingerprint density at radius 2 is 1.86 bits per heavy atom. The number of hydrogen-bond acceptors (Lipinski definition) is 4. The maximum atomic E-state index is 12.7. The topological polar surface area (TPSA) is 77.6 Å². The summed E-state index contributed by atoms with van der Waals surface area (Å²) in [5.41, 5.74) is 5.66. The fourth-order valence-electron chi connectivity index (χ4n) is 3.79. The second kappa shape index (κ2) is 7.50. The Bertz CT molecular complexity index is 1170. The summed E-state index contributed by atoms with van der Waals surface area (Å²) in [6.07, 6.45) is 3.70. The summed E-state index contributed by atoms with van der Waals surface area (Å²) >= 11 is 0. The van der Waals surface area contributed by atoms with E-state index in [0.717, 1.165) is 33.5 Å². The molecule has 0 aliphatic heterocycles. The van der Waals surface area contributed by atoms with Gasteiger partial charge in [0.2, 0.25) is 5.91 Å². The summed E-state index contributed by atoms with van der Waals surface area (Å²) in [7, 11) is 1.87. The van der Waals surface area contributed by atoms with Gasteiger partial charge in [-0.15, -0.1) is 0 Å². The first-order valence-corrected chi connectivity index (χ1v) is 9.61. The van der Waals surface area contributed by atoms with Gasteiger partial charge in [-0.05, 0) is 38.0 Å². The highest BCUT2D eigenvalue weighted by molar-refractivity contribution is 5.95. The summed E-state index contributed by atoms with van der Waals surface area (Å²) in [6.45, 7) is 5.96. The molecule has 1 atom stereocenters. The van der Waals surface area contributed by atoms with Crippen LogP contribution in [0.15, 0.2) is 48.8 Å². The average molecular weight is 388 g/mol. The number of benzene rings is 1. The molecule has 0 saturated carbocycles. The number of hydrogen-bond donors (Lipinski definition) is 1. The molecule has 0 spiro atoms. The SMILES string of the molecule is Cc1nn(C)cc1C(C)NC(=O)Cn1nc(C)c2c(-c3ccccc3)ccnc21. The lowest BCUT2D eigenvalue weighted by molar-refractivity contribution is -0.122. The van der Waals surface area contributed by atoms with E-state index in [4.69, 9.17) is 0 Å². The van der Waals surface area contributed by atoms with E-state index < -0.39 is 0 Å². The lowest BCUT2D eigenvalue weighted by atomic mass is 10.0. The van der Waals surface area contributed by atoms with Gasteiger partial charge in [-0.3, -0.25) is 9.48 Å². The molecule has 1 amide bonds. The van der Waals surface area contributed by atoms with Gasteiger partial charge < -0.3 is 5.32 Å². The number of carbonyl (C=O) groups excluding carboxylic acids is 1. The summed E-state index contributed by atoms with van der Waals surface area (Å²) in [5.74, 6) is -0.114. The Morgan fingerprint density at radius 3 is 2.55 bits per heavy atom. The Balaban J connectivity index is 1.60. The standard InChI is InChI=1S/C22H24N6O/c1-14(19-12-27(4)25-15(19)2)24-20(29)13-28-22-21(16(3)26-28)18(10-11-23-22)17-8-6-5-7-9-17/h5-12,14H,13H2,1-4H3,(H,24,29). The number of carbonyl (C=O) groups is 1. The van der Waals surface area contributed by atoms with E-state index in [9.17, 15) is 4.79 Å². The molecule has 1 N–H and O–H groups in total. The van der Waals surface area contributed by atoms with E-state index in [2.05, 4.69) is 32.6 Å². The highest BCUT2D eigenvalue weighted by Crippen LogP contribution is 2.29. The summed E-state index contributed by atoms with van der Waals surface area (Å²) < 4.78 is 3.43. The minimum atomic E-state index is -0.132. The summed E-state index contributed by atoms with van der Waals surface area (Å²) in [4.78, 5) is 17.2. The van der Waals surface area contributed by atoms with Crippen molar-refractivity contribution in [3.63, 3.8) is 0 Å². The largest absolute Gasteiger partial charge is 0.348 e. The monoisotopic (exact) mass is 388 g/mol. The molecule has 0 bridgehead atoms. The molecule has 7 heteroatoms. The molecular formula is C22H24N6O. The van der Waals surface area contributed by atoms with Gasteiger partial charge >= 0.3 is 0 Å². The van der Waals surface area contributed by atoms with E-state index >= 15 is 0 Å². The Morgan fingerprint density at radius 1 is 1.10 bits per heavy atom. The van der Waals surface area contributed by atoms with Crippen molar-refractivity contribution < 1.29 is 4.79 Å². The predicted molar refractivity (Wildman–Crippen MR) is 112 cm³/mol. The maximum absolute atomic E-state index is 12.7. The minimum Gasteiger partial charge on any atom is -0.348 e. The smallest absolute Gasteiger partial charge is 0.242 e. The number of aromatic nitrogens is 5. The molecule has 29 heavy (non-hydrogen) atoms. The zero-order chi connectivity index (χ0) is 20.5. The molecule has 0 aliphatic carbocycles. The fraction of sp³-hybridized carbons (Fsp3) is 0.273. The summed E-state index contributed by atoms with van der Waals surface area (Å²) in [6, 6.07) is 12.0. The van der Waals surface area contributed by atoms with Gasteiger partial charge in [-0.1, -0.05) is 30.3 Å². The maximum Gasteiger partial charge on any atom is 0.242 e. The van der Waals surface area contributed by atoms with Crippen molar-refractivity contribution in [3.05, 3.63) is 65.7 Å². The molecule has 1 aromatic carbocycles. The zero-order valence-corrected chi connectivity index (χ0v) is 17.0. The molecule has 148 valence electrons. The molecule has 0 aliphatic rings. The molecule has 4 aromatic rings. The van der Waals surface area contributed by atoms with E-state index in [1.54, 1.807) is 15.6 Å². The van der Waals surface area contributed by atoms with Gasteiger partial charge in [-0.2, -0.15) is 10.2 Å². The van der Waals surface area contributed by atoms with Crippen LogP contribution in [0.5, 0.6) is 0 Å². The molecule has 0 saturated heterocycles. The Labute approximate surface area is 169 Å². The lowest BCUT2D eigenvalue weighted by Gasteiger charge is -2.13. The second-order valence-corrected chi connectivity index (χ2v) is 7.30. The van der Waals surface area contributed by atoms with Crippen molar-refractivity contribution in [2.24, 2.45) is 7.05 Å². The van der Waals surface area contributed by atoms with Crippen LogP contribution in [0, 0.1) is 13.8 Å². The minimum absolute atomic E-state index is 0.110. The number of pyridine rings is 1. The Hall–Kier alpha value is -3.48. The Kier molecular flexibility index (Phi) is 4.88. The van der Waals surface area contributed by atoms with Crippen molar-refractivity contribution in [1.29, 1.82) is 0 Å². The van der Waals surface area contributed by atoms with Crippen LogP contribution >= 0.6 is 0 Å². The van der Waals surface area contributed by atoms with Crippen LogP contribution in [-0.4, -0.2) is 30.5 Å². The number of aryl methyl sites for hydroxylation is 3. The van der Waals surface area contributed by atoms with Crippen LogP contribution in [-0.2, 0) is 18.4 Å². The molecule has 3 aromatic heterocycles. The van der Waals surface area contributed by atoms with Crippen LogP contribution < -0.4 is 5.32 Å². The number of nitrogens with zero attached hydrogens (tertiary/aromatic N) is 5. The van der Waals surface area contributed by atoms with Crippen LogP contribution in [0.2, 0.25) is 0 Å². The van der Waals surface area contributed by atoms with Crippen LogP contribution in [0.4, 0.5) is 0 Å². The molecular weight excluding hydrogens is 364 g/mol. The third-order valence-corrected chi connectivity index (χ3v) is 5.08. The predicted octanol–water partition coefficient (Wildman–Crippen LogP) is 3.33. The molecule has 7 nitrogen and oxygen atoms in total. The van der Waals surface area contributed by atoms with Crippen molar-refractivity contribution >= 4 is 16.9 Å². The van der Waals surface area contributed by atoms with Crippen molar-refractivity contribution in [1.82, 2.24) is 29.9 Å². The number of nitrogens with one attached hydrogen (secondary N) is 1. The quantitative estimate of drug-likeness (QED) is 0.569. The normalized spacial score (nSPS) is 12.3. The second-order valence-electron chi connectivity index (χ2n) is 7.30. The first-order chi connectivity index (χ1) is 13.9. The van der Waals surface area contributed by atoms with E-state index in [1.807, 2.05) is 58.3 Å². The van der Waals surface area contributed by atoms with Gasteiger partial charge in [0.05, 0.1) is 17.4 Å². The van der Waals surface area contributed by atoms with Crippen molar-refractivity contribution in [3.8, 4) is 11.1 Å². The molecule has 3 heterocycles. The summed E-state index contributed by atoms with van der Waals surface area (Å²) in [5, 5.41) is 13.0. The van der Waals surface area contributed by atoms with Gasteiger partial charge in [0.1, 0.15) is 6.54 Å². The van der Waals surface area contributed by atoms with Crippen molar-refractivity contribution in [2.75, 3.05) is 0 Å². The highest BCUT2D eigenvalue weighted by Gasteiger charge is 2.18. The third-order valence-electron chi connectivity index (χ3n) is 5.08. The first kappa shape index (κ1) is 18.9. The van der Waals surface area contributed by atoms with Crippen LogP contribution in [0.3, 0.4) is 0 Å². The third kappa shape index (κ3) is 3.63. The number of amides is 1. The molecule has 1 unspecified atom stereocenters. The van der Waals surface area contributed by atoms with E-state index in [0.29, 0.717) is 5.65 Å². The molecule has 0 fully saturated rings. The molecule has 4 rings (SSSR count). The average Bonchev–Trinajstić information content (AvgIpc) is 3.21. The van der Waals surface area contributed by atoms with Crippen molar-refractivity contribution in [2.45, 2.75) is 33.4 Å². The van der Waals surface area contributed by atoms with E-state index in [-0.39, 0.29) is 18.5 Å².